The number of carbonyl (C=O) groups is 2. The van der Waals surface area contributed by atoms with Crippen LogP contribution >= 0.6 is 11.6 Å². The van der Waals surface area contributed by atoms with Gasteiger partial charge in [-0.25, -0.2) is 0 Å². The molecule has 0 radical (unpaired) electrons. The van der Waals surface area contributed by atoms with E-state index in [1.807, 2.05) is 50.2 Å². The van der Waals surface area contributed by atoms with Crippen molar-refractivity contribution in [3.63, 3.8) is 0 Å². The largest absolute Gasteiger partial charge is 0.352 e. The summed E-state index contributed by atoms with van der Waals surface area (Å²) in [5.41, 5.74) is 1.82. The molecule has 0 saturated carbocycles. The van der Waals surface area contributed by atoms with Gasteiger partial charge in [-0.15, -0.1) is 0 Å². The van der Waals surface area contributed by atoms with Gasteiger partial charge in [0, 0.05) is 35.7 Å². The second-order valence-corrected chi connectivity index (χ2v) is 9.17. The summed E-state index contributed by atoms with van der Waals surface area (Å²) in [5, 5.41) is 15.1. The molecule has 2 amide bonds. The predicted octanol–water partition coefficient (Wildman–Crippen LogP) is 5.35. The highest BCUT2D eigenvalue weighted by atomic mass is 35.5. The average Bonchev–Trinajstić information content (AvgIpc) is 2.86. The van der Waals surface area contributed by atoms with E-state index in [9.17, 15) is 19.7 Å². The van der Waals surface area contributed by atoms with Crippen LogP contribution in [-0.4, -0.2) is 33.7 Å². The molecule has 2 atom stereocenters. The molecular formula is C28H30ClN3O4. The monoisotopic (exact) mass is 507 g/mol. The highest BCUT2D eigenvalue weighted by molar-refractivity contribution is 6.30. The van der Waals surface area contributed by atoms with E-state index < -0.39 is 11.0 Å². The standard InChI is InChI=1S/C28H30ClN3O4/c1-3-20(2)30-28(34)26(17-21-10-5-4-6-11-21)31(19-22-12-9-14-24(29)16-22)27(33)18-23-13-7-8-15-25(23)32(35)36/h4-16,20,26H,3,17-19H2,1-2H3,(H,30,34)/t20-,26+/m1/s1. The van der Waals surface area contributed by atoms with Gasteiger partial charge in [0.25, 0.3) is 5.69 Å². The average molecular weight is 508 g/mol. The fourth-order valence-corrected chi connectivity index (χ4v) is 4.14. The molecule has 0 fully saturated rings. The second-order valence-electron chi connectivity index (χ2n) is 8.74. The Morgan fingerprint density at radius 2 is 1.67 bits per heavy atom. The van der Waals surface area contributed by atoms with Crippen LogP contribution in [0.15, 0.2) is 78.9 Å². The van der Waals surface area contributed by atoms with Gasteiger partial charge in [0.15, 0.2) is 0 Å². The number of para-hydroxylation sites is 1. The van der Waals surface area contributed by atoms with Crippen molar-refractivity contribution in [3.05, 3.63) is 111 Å². The number of halogens is 1. The number of nitro groups is 1. The van der Waals surface area contributed by atoms with E-state index in [4.69, 9.17) is 11.6 Å². The van der Waals surface area contributed by atoms with Crippen molar-refractivity contribution in [1.82, 2.24) is 10.2 Å². The number of rotatable bonds is 11. The summed E-state index contributed by atoms with van der Waals surface area (Å²) in [6, 6.07) is 21.9. The van der Waals surface area contributed by atoms with Crippen molar-refractivity contribution >= 4 is 29.1 Å². The summed E-state index contributed by atoms with van der Waals surface area (Å²) < 4.78 is 0. The summed E-state index contributed by atoms with van der Waals surface area (Å²) in [6.45, 7) is 4.01. The van der Waals surface area contributed by atoms with Crippen LogP contribution in [0.2, 0.25) is 5.02 Å². The summed E-state index contributed by atoms with van der Waals surface area (Å²) in [4.78, 5) is 39.8. The molecule has 0 aliphatic carbocycles. The molecule has 7 nitrogen and oxygen atoms in total. The number of nitrogens with zero attached hydrogens (tertiary/aromatic N) is 2. The molecule has 0 aromatic heterocycles. The molecule has 3 rings (SSSR count). The Kier molecular flexibility index (Phi) is 9.59. The van der Waals surface area contributed by atoms with Gasteiger partial charge in [-0.3, -0.25) is 19.7 Å². The quantitative estimate of drug-likeness (QED) is 0.280. The van der Waals surface area contributed by atoms with Gasteiger partial charge in [-0.1, -0.05) is 79.2 Å². The molecule has 3 aromatic rings. The Labute approximate surface area is 216 Å². The number of amides is 2. The lowest BCUT2D eigenvalue weighted by Crippen LogP contribution is -2.52. The van der Waals surface area contributed by atoms with Crippen LogP contribution in [0.1, 0.15) is 37.0 Å². The Balaban J connectivity index is 2.02. The molecule has 3 aromatic carbocycles. The zero-order valence-corrected chi connectivity index (χ0v) is 21.1. The molecule has 0 aliphatic heterocycles. The third kappa shape index (κ3) is 7.39. The van der Waals surface area contributed by atoms with Gasteiger partial charge >= 0.3 is 0 Å². The molecule has 1 N–H and O–H groups in total. The Hall–Kier alpha value is -3.71. The summed E-state index contributed by atoms with van der Waals surface area (Å²) in [6.07, 6.45) is 0.828. The highest BCUT2D eigenvalue weighted by Gasteiger charge is 2.32. The first-order chi connectivity index (χ1) is 17.3. The van der Waals surface area contributed by atoms with Gasteiger partial charge in [-0.2, -0.15) is 0 Å². The van der Waals surface area contributed by atoms with Crippen LogP contribution < -0.4 is 5.32 Å². The summed E-state index contributed by atoms with van der Waals surface area (Å²) in [5.74, 6) is -0.657. The van der Waals surface area contributed by atoms with E-state index in [0.29, 0.717) is 17.0 Å². The predicted molar refractivity (Wildman–Crippen MR) is 141 cm³/mol. The number of benzene rings is 3. The van der Waals surface area contributed by atoms with Gasteiger partial charge in [0.1, 0.15) is 6.04 Å². The SMILES string of the molecule is CC[C@@H](C)NC(=O)[C@H](Cc1ccccc1)N(Cc1cccc(Cl)c1)C(=O)Cc1ccccc1[N+](=O)[O-]. The summed E-state index contributed by atoms with van der Waals surface area (Å²) in [7, 11) is 0. The topological polar surface area (TPSA) is 92.6 Å². The fraction of sp³-hybridized carbons (Fsp3) is 0.286. The first kappa shape index (κ1) is 26.9. The van der Waals surface area contributed by atoms with Crippen LogP contribution in [0.25, 0.3) is 0 Å². The Bertz CT molecular complexity index is 1200. The number of carbonyl (C=O) groups excluding carboxylic acids is 2. The zero-order chi connectivity index (χ0) is 26.1. The molecule has 0 unspecified atom stereocenters. The molecule has 188 valence electrons. The minimum absolute atomic E-state index is 0.0749. The van der Waals surface area contributed by atoms with E-state index in [0.717, 1.165) is 17.5 Å². The van der Waals surface area contributed by atoms with Gasteiger partial charge in [-0.05, 0) is 36.6 Å². The minimum Gasteiger partial charge on any atom is -0.352 e. The van der Waals surface area contributed by atoms with Crippen molar-refractivity contribution in [2.75, 3.05) is 0 Å². The van der Waals surface area contributed by atoms with E-state index in [2.05, 4.69) is 5.32 Å². The Morgan fingerprint density at radius 3 is 2.33 bits per heavy atom. The molecule has 8 heteroatoms. The van der Waals surface area contributed by atoms with Crippen LogP contribution in [-0.2, 0) is 29.0 Å². The van der Waals surface area contributed by atoms with Crippen LogP contribution in [0, 0.1) is 10.1 Å². The van der Waals surface area contributed by atoms with Crippen molar-refractivity contribution in [3.8, 4) is 0 Å². The third-order valence-corrected chi connectivity index (χ3v) is 6.28. The van der Waals surface area contributed by atoms with Crippen molar-refractivity contribution in [2.24, 2.45) is 0 Å². The molecular weight excluding hydrogens is 478 g/mol. The van der Waals surface area contributed by atoms with E-state index in [1.54, 1.807) is 36.4 Å². The van der Waals surface area contributed by atoms with Crippen LogP contribution in [0.4, 0.5) is 5.69 Å². The van der Waals surface area contributed by atoms with Gasteiger partial charge in [0.05, 0.1) is 11.3 Å². The second kappa shape index (κ2) is 12.8. The first-order valence-electron chi connectivity index (χ1n) is 11.9. The maximum atomic E-state index is 13.8. The third-order valence-electron chi connectivity index (χ3n) is 6.04. The van der Waals surface area contributed by atoms with Crippen LogP contribution in [0.3, 0.4) is 0 Å². The lowest BCUT2D eigenvalue weighted by molar-refractivity contribution is -0.385. The van der Waals surface area contributed by atoms with Crippen molar-refractivity contribution in [1.29, 1.82) is 0 Å². The fourth-order valence-electron chi connectivity index (χ4n) is 3.93. The molecule has 0 spiro atoms. The van der Waals surface area contributed by atoms with Crippen molar-refractivity contribution in [2.45, 2.75) is 51.7 Å². The van der Waals surface area contributed by atoms with Gasteiger partial charge in [0.2, 0.25) is 11.8 Å². The minimum atomic E-state index is -0.823. The number of nitro benzene ring substituents is 1. The van der Waals surface area contributed by atoms with E-state index >= 15 is 0 Å². The van der Waals surface area contributed by atoms with E-state index in [-0.39, 0.29) is 36.5 Å². The molecule has 0 bridgehead atoms. The maximum Gasteiger partial charge on any atom is 0.273 e. The number of hydrogen-bond acceptors (Lipinski definition) is 4. The number of hydrogen-bond donors (Lipinski definition) is 1. The normalized spacial score (nSPS) is 12.4. The Morgan fingerprint density at radius 1 is 1.00 bits per heavy atom. The zero-order valence-electron chi connectivity index (χ0n) is 20.4. The molecule has 36 heavy (non-hydrogen) atoms. The lowest BCUT2D eigenvalue weighted by atomic mass is 10.0. The maximum absolute atomic E-state index is 13.8. The smallest absolute Gasteiger partial charge is 0.273 e. The van der Waals surface area contributed by atoms with Gasteiger partial charge < -0.3 is 10.2 Å². The summed E-state index contributed by atoms with van der Waals surface area (Å²) >= 11 is 6.20. The van der Waals surface area contributed by atoms with Crippen LogP contribution in [0.5, 0.6) is 0 Å². The molecule has 0 saturated heterocycles. The molecule has 0 aliphatic rings. The van der Waals surface area contributed by atoms with E-state index in [1.165, 1.54) is 11.0 Å². The first-order valence-corrected chi connectivity index (χ1v) is 12.3. The highest BCUT2D eigenvalue weighted by Crippen LogP contribution is 2.22. The number of nitrogens with one attached hydrogen (secondary N) is 1. The van der Waals surface area contributed by atoms with Crippen molar-refractivity contribution < 1.29 is 14.5 Å². The molecule has 0 heterocycles. The lowest BCUT2D eigenvalue weighted by Gasteiger charge is -2.32.